The number of ether oxygens (including phenoxy) is 1. The van der Waals surface area contributed by atoms with Crippen LogP contribution in [-0.4, -0.2) is 36.2 Å². The van der Waals surface area contributed by atoms with Gasteiger partial charge in [0, 0.05) is 4.88 Å². The maximum absolute atomic E-state index is 12.2. The van der Waals surface area contributed by atoms with Gasteiger partial charge in [-0.15, -0.1) is 17.9 Å². The van der Waals surface area contributed by atoms with Crippen molar-refractivity contribution in [3.8, 4) is 0 Å². The first-order chi connectivity index (χ1) is 10.5. The third-order valence-electron chi connectivity index (χ3n) is 3.10. The summed E-state index contributed by atoms with van der Waals surface area (Å²) in [5.74, 6) is -1.48. The van der Waals surface area contributed by atoms with Crippen molar-refractivity contribution < 1.29 is 19.4 Å². The van der Waals surface area contributed by atoms with Gasteiger partial charge in [0.1, 0.15) is 0 Å². The first-order valence-corrected chi connectivity index (χ1v) is 8.18. The Morgan fingerprint density at radius 3 is 2.77 bits per heavy atom. The molecule has 5 nitrogen and oxygen atoms in total. The van der Waals surface area contributed by atoms with E-state index in [1.807, 2.05) is 13.0 Å². The highest BCUT2D eigenvalue weighted by molar-refractivity contribution is 7.14. The third-order valence-corrected chi connectivity index (χ3v) is 4.34. The van der Waals surface area contributed by atoms with Crippen molar-refractivity contribution in [2.75, 3.05) is 13.2 Å². The molecule has 1 unspecified atom stereocenters. The molecule has 0 spiro atoms. The molecular formula is C16H23NO4S. The predicted molar refractivity (Wildman–Crippen MR) is 87.6 cm³/mol. The van der Waals surface area contributed by atoms with Crippen LogP contribution < -0.4 is 5.32 Å². The van der Waals surface area contributed by atoms with Crippen molar-refractivity contribution >= 4 is 23.2 Å². The van der Waals surface area contributed by atoms with Crippen LogP contribution in [-0.2, 0) is 22.4 Å². The van der Waals surface area contributed by atoms with E-state index in [0.29, 0.717) is 4.88 Å². The third kappa shape index (κ3) is 5.27. The highest BCUT2D eigenvalue weighted by atomic mass is 32.1. The number of aryl methyl sites for hydroxylation is 2. The van der Waals surface area contributed by atoms with Crippen LogP contribution in [0.15, 0.2) is 18.7 Å². The second kappa shape index (κ2) is 9.38. The van der Waals surface area contributed by atoms with Crippen LogP contribution in [0.2, 0.25) is 0 Å². The van der Waals surface area contributed by atoms with E-state index in [2.05, 4.69) is 18.8 Å². The van der Waals surface area contributed by atoms with Gasteiger partial charge in [-0.2, -0.15) is 0 Å². The van der Waals surface area contributed by atoms with Gasteiger partial charge in [-0.25, -0.2) is 4.79 Å². The average Bonchev–Trinajstić information content (AvgIpc) is 2.89. The zero-order valence-corrected chi connectivity index (χ0v) is 13.9. The van der Waals surface area contributed by atoms with E-state index in [-0.39, 0.29) is 19.1 Å². The van der Waals surface area contributed by atoms with E-state index in [9.17, 15) is 9.59 Å². The summed E-state index contributed by atoms with van der Waals surface area (Å²) < 4.78 is 5.12. The molecule has 1 atom stereocenters. The van der Waals surface area contributed by atoms with Gasteiger partial charge in [0.2, 0.25) is 0 Å². The van der Waals surface area contributed by atoms with Gasteiger partial charge in [-0.05, 0) is 24.5 Å². The monoisotopic (exact) mass is 325 g/mol. The lowest BCUT2D eigenvalue weighted by atomic mass is 10.1. The van der Waals surface area contributed by atoms with Gasteiger partial charge in [0.15, 0.2) is 6.04 Å². The minimum Gasteiger partial charge on any atom is -0.480 e. The van der Waals surface area contributed by atoms with Crippen molar-refractivity contribution in [2.24, 2.45) is 0 Å². The molecule has 0 saturated heterocycles. The molecule has 0 bridgehead atoms. The number of aliphatic carboxylic acids is 1. The van der Waals surface area contributed by atoms with Gasteiger partial charge < -0.3 is 15.2 Å². The molecule has 1 rings (SSSR count). The predicted octanol–water partition coefficient (Wildman–Crippen LogP) is 2.65. The molecule has 1 amide bonds. The number of rotatable bonds is 10. The molecule has 0 saturated carbocycles. The molecule has 2 N–H and O–H groups in total. The van der Waals surface area contributed by atoms with Crippen molar-refractivity contribution in [2.45, 2.75) is 39.2 Å². The number of carboxylic acid groups (broad SMARTS) is 1. The molecule has 0 aliphatic rings. The van der Waals surface area contributed by atoms with Crippen molar-refractivity contribution in [3.63, 3.8) is 0 Å². The zero-order valence-electron chi connectivity index (χ0n) is 13.1. The molecule has 6 heteroatoms. The molecule has 1 aromatic rings. The molecular weight excluding hydrogens is 302 g/mol. The quantitative estimate of drug-likeness (QED) is 0.512. The highest BCUT2D eigenvalue weighted by Crippen LogP contribution is 2.24. The first-order valence-electron chi connectivity index (χ1n) is 7.37. The summed E-state index contributed by atoms with van der Waals surface area (Å²) in [6, 6.07) is 0.795. The Labute approximate surface area is 135 Å². The number of nitrogens with one attached hydrogen (secondary N) is 1. The number of carbonyl (C=O) groups excluding carboxylic acids is 1. The van der Waals surface area contributed by atoms with Crippen molar-refractivity contribution in [3.05, 3.63) is 34.0 Å². The smallest absolute Gasteiger partial charge is 0.328 e. The lowest BCUT2D eigenvalue weighted by Crippen LogP contribution is -2.43. The Morgan fingerprint density at radius 2 is 2.23 bits per heavy atom. The van der Waals surface area contributed by atoms with Crippen LogP contribution in [0.1, 0.15) is 40.4 Å². The number of hydrogen-bond acceptors (Lipinski definition) is 4. The summed E-state index contributed by atoms with van der Waals surface area (Å²) in [5, 5.41) is 11.7. The molecule has 1 heterocycles. The maximum Gasteiger partial charge on any atom is 0.328 e. The minimum absolute atomic E-state index is 0.0824. The summed E-state index contributed by atoms with van der Waals surface area (Å²) in [6.45, 7) is 7.80. The zero-order chi connectivity index (χ0) is 16.5. The molecule has 0 aliphatic heterocycles. The summed E-state index contributed by atoms with van der Waals surface area (Å²) in [6.07, 6.45) is 4.35. The molecule has 0 fully saturated rings. The highest BCUT2D eigenvalue weighted by Gasteiger charge is 2.22. The number of amides is 1. The molecule has 1 aromatic heterocycles. The molecule has 0 radical (unpaired) electrons. The number of thiophene rings is 1. The van der Waals surface area contributed by atoms with Gasteiger partial charge in [0.25, 0.3) is 5.91 Å². The number of carbonyl (C=O) groups is 2. The fourth-order valence-electron chi connectivity index (χ4n) is 1.99. The van der Waals surface area contributed by atoms with Crippen LogP contribution in [0.5, 0.6) is 0 Å². The molecule has 22 heavy (non-hydrogen) atoms. The summed E-state index contributed by atoms with van der Waals surface area (Å²) in [4.78, 5) is 25.2. The van der Waals surface area contributed by atoms with Crippen molar-refractivity contribution in [1.29, 1.82) is 0 Å². The standard InChI is InChI=1S/C16H23NO4S/c1-4-7-13-11(6-3)9-14(22-13)15(18)17-12(16(19)20)10-21-8-5-2/h5,9,12H,2,4,6-8,10H2,1,3H3,(H,17,18)(H,19,20). The van der Waals surface area contributed by atoms with E-state index in [4.69, 9.17) is 9.84 Å². The van der Waals surface area contributed by atoms with Crippen LogP contribution in [0.3, 0.4) is 0 Å². The Kier molecular flexibility index (Phi) is 7.84. The summed E-state index contributed by atoms with van der Waals surface area (Å²) >= 11 is 1.44. The summed E-state index contributed by atoms with van der Waals surface area (Å²) in [7, 11) is 0. The van der Waals surface area contributed by atoms with Gasteiger partial charge in [-0.3, -0.25) is 4.79 Å². The first kappa shape index (κ1) is 18.4. The lowest BCUT2D eigenvalue weighted by molar-refractivity contribution is -0.140. The second-order valence-electron chi connectivity index (χ2n) is 4.85. The fraction of sp³-hybridized carbons (Fsp3) is 0.500. The van der Waals surface area contributed by atoms with E-state index < -0.39 is 12.0 Å². The SMILES string of the molecule is C=CCOCC(NC(=O)c1cc(CC)c(CCC)s1)C(=O)O. The Balaban J connectivity index is 2.76. The normalized spacial score (nSPS) is 11.9. The Hall–Kier alpha value is -1.66. The minimum atomic E-state index is -1.11. The van der Waals surface area contributed by atoms with Gasteiger partial charge >= 0.3 is 5.97 Å². The number of carboxylic acids is 1. The molecule has 122 valence electrons. The van der Waals surface area contributed by atoms with Crippen LogP contribution in [0.25, 0.3) is 0 Å². The van der Waals surface area contributed by atoms with Gasteiger partial charge in [-0.1, -0.05) is 26.3 Å². The summed E-state index contributed by atoms with van der Waals surface area (Å²) in [5.41, 5.74) is 1.16. The number of hydrogen-bond donors (Lipinski definition) is 2. The van der Waals surface area contributed by atoms with Crippen LogP contribution in [0, 0.1) is 0 Å². The van der Waals surface area contributed by atoms with Crippen LogP contribution >= 0.6 is 11.3 Å². The van der Waals surface area contributed by atoms with E-state index in [0.717, 1.165) is 24.8 Å². The Bertz CT molecular complexity index is 524. The van der Waals surface area contributed by atoms with E-state index in [1.54, 1.807) is 0 Å². The Morgan fingerprint density at radius 1 is 1.50 bits per heavy atom. The second-order valence-corrected chi connectivity index (χ2v) is 5.99. The lowest BCUT2D eigenvalue weighted by Gasteiger charge is -2.13. The topological polar surface area (TPSA) is 75.6 Å². The maximum atomic E-state index is 12.2. The largest absolute Gasteiger partial charge is 0.480 e. The van der Waals surface area contributed by atoms with Crippen LogP contribution in [0.4, 0.5) is 0 Å². The van der Waals surface area contributed by atoms with Crippen molar-refractivity contribution in [1.82, 2.24) is 5.32 Å². The van der Waals surface area contributed by atoms with Gasteiger partial charge in [0.05, 0.1) is 18.1 Å². The average molecular weight is 325 g/mol. The molecule has 0 aliphatic carbocycles. The van der Waals surface area contributed by atoms with E-state index in [1.165, 1.54) is 22.3 Å². The van der Waals surface area contributed by atoms with E-state index >= 15 is 0 Å². The fourth-order valence-corrected chi connectivity index (χ4v) is 3.25. The molecule has 0 aromatic carbocycles.